The number of hydrogen-bond acceptors (Lipinski definition) is 4. The molecule has 0 radical (unpaired) electrons. The van der Waals surface area contributed by atoms with E-state index >= 15 is 0 Å². The van der Waals surface area contributed by atoms with Crippen LogP contribution < -0.4 is 10.6 Å². The van der Waals surface area contributed by atoms with E-state index in [0.717, 1.165) is 14.9 Å². The highest BCUT2D eigenvalue weighted by atomic mass is 35.5. The summed E-state index contributed by atoms with van der Waals surface area (Å²) in [6.45, 7) is 4.13. The molecule has 0 unspecified atom stereocenters. The fourth-order valence-corrected chi connectivity index (χ4v) is 2.91. The Bertz CT molecular complexity index is 607. The molecule has 0 aliphatic rings. The molecule has 108 valence electrons. The van der Waals surface area contributed by atoms with Gasteiger partial charge in [0.05, 0.1) is 16.6 Å². The maximum atomic E-state index is 11.9. The van der Waals surface area contributed by atoms with Crippen LogP contribution >= 0.6 is 22.9 Å². The smallest absolute Gasteiger partial charge is 0.239 e. The van der Waals surface area contributed by atoms with Gasteiger partial charge in [0.2, 0.25) is 5.91 Å². The molecule has 7 heteroatoms. The average Bonchev–Trinajstić information content (AvgIpc) is 2.93. The van der Waals surface area contributed by atoms with Crippen LogP contribution in [0.3, 0.4) is 0 Å². The van der Waals surface area contributed by atoms with Crippen molar-refractivity contribution in [1.29, 1.82) is 0 Å². The van der Waals surface area contributed by atoms with Gasteiger partial charge in [0.15, 0.2) is 0 Å². The fourth-order valence-electron chi connectivity index (χ4n) is 1.82. The lowest BCUT2D eigenvalue weighted by Gasteiger charge is -2.12. The highest BCUT2D eigenvalue weighted by molar-refractivity contribution is 7.16. The Morgan fingerprint density at radius 2 is 2.30 bits per heavy atom. The number of thiophene rings is 1. The molecule has 0 fully saturated rings. The fraction of sp³-hybridized carbons (Fsp3) is 0.385. The predicted octanol–water partition coefficient (Wildman–Crippen LogP) is 2.73. The van der Waals surface area contributed by atoms with Gasteiger partial charge in [-0.05, 0) is 26.0 Å². The largest absolute Gasteiger partial charge is 0.310 e. The van der Waals surface area contributed by atoms with Crippen molar-refractivity contribution in [1.82, 2.24) is 15.1 Å². The number of carbonyl (C=O) groups is 1. The van der Waals surface area contributed by atoms with Crippen molar-refractivity contribution >= 4 is 34.7 Å². The van der Waals surface area contributed by atoms with E-state index in [1.165, 1.54) is 11.3 Å². The highest BCUT2D eigenvalue weighted by Gasteiger charge is 2.11. The van der Waals surface area contributed by atoms with Crippen LogP contribution in [0, 0.1) is 6.92 Å². The van der Waals surface area contributed by atoms with E-state index in [-0.39, 0.29) is 18.5 Å². The van der Waals surface area contributed by atoms with Gasteiger partial charge in [-0.25, -0.2) is 0 Å². The van der Waals surface area contributed by atoms with Gasteiger partial charge in [0.1, 0.15) is 5.82 Å². The molecule has 1 amide bonds. The van der Waals surface area contributed by atoms with Crippen molar-refractivity contribution in [3.05, 3.63) is 33.1 Å². The van der Waals surface area contributed by atoms with Gasteiger partial charge in [-0.1, -0.05) is 11.6 Å². The monoisotopic (exact) mass is 312 g/mol. The van der Waals surface area contributed by atoms with Gasteiger partial charge in [0, 0.05) is 24.0 Å². The van der Waals surface area contributed by atoms with Crippen molar-refractivity contribution in [3.63, 3.8) is 0 Å². The molecule has 0 spiro atoms. The van der Waals surface area contributed by atoms with E-state index < -0.39 is 0 Å². The van der Waals surface area contributed by atoms with E-state index in [1.54, 1.807) is 11.7 Å². The van der Waals surface area contributed by atoms with E-state index in [2.05, 4.69) is 15.7 Å². The van der Waals surface area contributed by atoms with Crippen molar-refractivity contribution in [2.45, 2.75) is 19.9 Å². The van der Waals surface area contributed by atoms with Gasteiger partial charge in [0.25, 0.3) is 0 Å². The van der Waals surface area contributed by atoms with Crippen LogP contribution in [0.4, 0.5) is 5.82 Å². The van der Waals surface area contributed by atoms with Crippen LogP contribution in [0.15, 0.2) is 18.2 Å². The molecule has 0 aliphatic heterocycles. The van der Waals surface area contributed by atoms with Gasteiger partial charge in [-0.2, -0.15) is 5.10 Å². The number of anilines is 1. The first-order valence-corrected chi connectivity index (χ1v) is 7.44. The Morgan fingerprint density at radius 3 is 2.85 bits per heavy atom. The predicted molar refractivity (Wildman–Crippen MR) is 82.3 cm³/mol. The normalized spacial score (nSPS) is 12.4. The van der Waals surface area contributed by atoms with Gasteiger partial charge >= 0.3 is 0 Å². The third kappa shape index (κ3) is 3.82. The van der Waals surface area contributed by atoms with Crippen LogP contribution in [0.5, 0.6) is 0 Å². The van der Waals surface area contributed by atoms with Crippen LogP contribution in [0.1, 0.15) is 23.5 Å². The van der Waals surface area contributed by atoms with E-state index in [0.29, 0.717) is 5.82 Å². The molecule has 2 aromatic heterocycles. The molecule has 5 nitrogen and oxygen atoms in total. The molecule has 0 saturated carbocycles. The summed E-state index contributed by atoms with van der Waals surface area (Å²) < 4.78 is 2.40. The van der Waals surface area contributed by atoms with Crippen LogP contribution in [-0.2, 0) is 11.8 Å². The number of nitrogens with one attached hydrogen (secondary N) is 2. The maximum absolute atomic E-state index is 11.9. The second kappa shape index (κ2) is 6.39. The van der Waals surface area contributed by atoms with E-state index in [4.69, 9.17) is 11.6 Å². The van der Waals surface area contributed by atoms with Gasteiger partial charge < -0.3 is 10.6 Å². The van der Waals surface area contributed by atoms with E-state index in [1.807, 2.05) is 32.0 Å². The lowest BCUT2D eigenvalue weighted by atomic mass is 10.3. The summed E-state index contributed by atoms with van der Waals surface area (Å²) in [4.78, 5) is 13.0. The molecule has 0 saturated heterocycles. The number of nitrogens with zero attached hydrogens (tertiary/aromatic N) is 2. The molecule has 20 heavy (non-hydrogen) atoms. The number of hydrogen-bond donors (Lipinski definition) is 2. The average molecular weight is 313 g/mol. The SMILES string of the molecule is Cc1cc(NC(=O)CN[C@@H](C)c2ccc(Cl)s2)n(C)n1. The van der Waals surface area contributed by atoms with Crippen LogP contribution in [0.2, 0.25) is 4.34 Å². The number of carbonyl (C=O) groups excluding carboxylic acids is 1. The summed E-state index contributed by atoms with van der Waals surface area (Å²) in [5.41, 5.74) is 0.873. The number of aryl methyl sites for hydroxylation is 2. The number of aromatic nitrogens is 2. The number of halogens is 1. The zero-order valence-corrected chi connectivity index (χ0v) is 13.2. The molecule has 1 atom stereocenters. The van der Waals surface area contributed by atoms with Crippen molar-refractivity contribution in [2.75, 3.05) is 11.9 Å². The topological polar surface area (TPSA) is 59.0 Å². The minimum atomic E-state index is -0.0949. The molecule has 0 aromatic carbocycles. The molecule has 2 aromatic rings. The zero-order valence-electron chi connectivity index (χ0n) is 11.6. The molecule has 0 aliphatic carbocycles. The summed E-state index contributed by atoms with van der Waals surface area (Å²) in [6.07, 6.45) is 0. The van der Waals surface area contributed by atoms with Gasteiger partial charge in [-0.15, -0.1) is 11.3 Å². The quantitative estimate of drug-likeness (QED) is 0.892. The lowest BCUT2D eigenvalue weighted by Crippen LogP contribution is -2.30. The molecular weight excluding hydrogens is 296 g/mol. The molecule has 0 bridgehead atoms. The Kier molecular flexibility index (Phi) is 4.80. The molecule has 2 N–H and O–H groups in total. The maximum Gasteiger partial charge on any atom is 0.239 e. The summed E-state index contributed by atoms with van der Waals surface area (Å²) in [5.74, 6) is 0.601. The van der Waals surface area contributed by atoms with Crippen molar-refractivity contribution < 1.29 is 4.79 Å². The lowest BCUT2D eigenvalue weighted by molar-refractivity contribution is -0.115. The summed E-state index contributed by atoms with van der Waals surface area (Å²) in [7, 11) is 1.80. The van der Waals surface area contributed by atoms with E-state index in [9.17, 15) is 4.79 Å². The summed E-state index contributed by atoms with van der Waals surface area (Å²) in [6, 6.07) is 5.75. The Hall–Kier alpha value is -1.37. The molecule has 2 heterocycles. The first-order chi connectivity index (χ1) is 9.45. The van der Waals surface area contributed by atoms with Gasteiger partial charge in [-0.3, -0.25) is 9.48 Å². The first-order valence-electron chi connectivity index (χ1n) is 6.25. The second-order valence-electron chi connectivity index (χ2n) is 4.59. The van der Waals surface area contributed by atoms with Crippen molar-refractivity contribution in [2.24, 2.45) is 7.05 Å². The standard InChI is InChI=1S/C13H17ClN4OS/c1-8-6-12(18(3)17-8)16-13(19)7-15-9(2)10-4-5-11(14)20-10/h4-6,9,15H,7H2,1-3H3,(H,16,19)/t9-/m0/s1. The third-order valence-corrected chi connectivity index (χ3v) is 4.27. The summed E-state index contributed by atoms with van der Waals surface area (Å²) >= 11 is 7.41. The first kappa shape index (κ1) is 15.0. The Labute approximate surface area is 126 Å². The third-order valence-electron chi connectivity index (χ3n) is 2.86. The van der Waals surface area contributed by atoms with Crippen LogP contribution in [0.25, 0.3) is 0 Å². The zero-order chi connectivity index (χ0) is 14.7. The minimum Gasteiger partial charge on any atom is -0.310 e. The summed E-state index contributed by atoms with van der Waals surface area (Å²) in [5, 5.41) is 10.2. The molecule has 2 rings (SSSR count). The van der Waals surface area contributed by atoms with Crippen molar-refractivity contribution in [3.8, 4) is 0 Å². The van der Waals surface area contributed by atoms with Crippen LogP contribution in [-0.4, -0.2) is 22.2 Å². The second-order valence-corrected chi connectivity index (χ2v) is 6.33. The number of amides is 1. The Balaban J connectivity index is 1.85. The molecular formula is C13H17ClN4OS. The Morgan fingerprint density at radius 1 is 1.55 bits per heavy atom. The highest BCUT2D eigenvalue weighted by Crippen LogP contribution is 2.26. The minimum absolute atomic E-state index is 0.0894. The number of rotatable bonds is 5.